The van der Waals surface area contributed by atoms with Crippen LogP contribution in [0.3, 0.4) is 0 Å². The molecule has 0 unspecified atom stereocenters. The van der Waals surface area contributed by atoms with E-state index in [2.05, 4.69) is 45.9 Å². The fraction of sp³-hybridized carbons (Fsp3) is 0.550. The Hall–Kier alpha value is -1.67. The number of hydrazine groups is 1. The molecule has 0 radical (unpaired) electrons. The van der Waals surface area contributed by atoms with Gasteiger partial charge in [0, 0.05) is 12.0 Å². The summed E-state index contributed by atoms with van der Waals surface area (Å²) in [5.41, 5.74) is 5.46. The number of hydrogen-bond acceptors (Lipinski definition) is 4. The van der Waals surface area contributed by atoms with Crippen molar-refractivity contribution in [3.05, 3.63) is 28.2 Å². The summed E-state index contributed by atoms with van der Waals surface area (Å²) in [6.45, 7) is 4.89. The lowest BCUT2D eigenvalue weighted by molar-refractivity contribution is -0.121. The number of hydrogen-bond donors (Lipinski definition) is 3. The van der Waals surface area contributed by atoms with E-state index in [-0.39, 0.29) is 16.9 Å². The summed E-state index contributed by atoms with van der Waals surface area (Å²) in [6, 6.07) is 5.11. The van der Waals surface area contributed by atoms with Crippen LogP contribution in [0, 0.1) is 0 Å². The number of thiocarbonyl (C=S) groups is 1. The Kier molecular flexibility index (Phi) is 12.5. The number of nitrogens with one attached hydrogen (secondary N) is 3. The number of carbonyl (C=O) groups excluding carboxylic acids is 2. The predicted molar refractivity (Wildman–Crippen MR) is 119 cm³/mol. The minimum Gasteiger partial charge on any atom is -0.492 e. The molecular formula is C20H30BrN3O3S. The van der Waals surface area contributed by atoms with Gasteiger partial charge in [0.25, 0.3) is 5.91 Å². The molecule has 0 aliphatic rings. The van der Waals surface area contributed by atoms with Crippen LogP contribution < -0.4 is 20.9 Å². The molecule has 3 N–H and O–H groups in total. The Morgan fingerprint density at radius 2 is 1.75 bits per heavy atom. The van der Waals surface area contributed by atoms with Crippen molar-refractivity contribution in [2.75, 3.05) is 6.61 Å². The summed E-state index contributed by atoms with van der Waals surface area (Å²) < 4.78 is 6.45. The first-order chi connectivity index (χ1) is 13.5. The number of amides is 2. The number of unbranched alkanes of at least 4 members (excludes halogenated alkanes) is 5. The lowest BCUT2D eigenvalue weighted by atomic mass is 10.2. The van der Waals surface area contributed by atoms with Crippen LogP contribution in [0.1, 0.15) is 75.6 Å². The maximum absolute atomic E-state index is 12.3. The van der Waals surface area contributed by atoms with Crippen molar-refractivity contribution in [1.82, 2.24) is 16.2 Å². The lowest BCUT2D eigenvalue weighted by Crippen LogP contribution is -2.48. The van der Waals surface area contributed by atoms with Crippen LogP contribution in [0.15, 0.2) is 22.7 Å². The van der Waals surface area contributed by atoms with E-state index < -0.39 is 0 Å². The number of ether oxygens (including phenoxy) is 1. The molecule has 0 saturated heterocycles. The summed E-state index contributed by atoms with van der Waals surface area (Å²) in [5, 5.41) is 2.58. The summed E-state index contributed by atoms with van der Waals surface area (Å²) in [7, 11) is 0. The summed E-state index contributed by atoms with van der Waals surface area (Å²) >= 11 is 8.47. The molecule has 0 saturated carbocycles. The van der Waals surface area contributed by atoms with Crippen LogP contribution in [0.4, 0.5) is 0 Å². The molecule has 0 aliphatic heterocycles. The second-order valence-corrected chi connectivity index (χ2v) is 7.73. The van der Waals surface area contributed by atoms with Gasteiger partial charge in [-0.05, 0) is 59.2 Å². The summed E-state index contributed by atoms with van der Waals surface area (Å²) in [6.07, 6.45) is 7.84. The topological polar surface area (TPSA) is 79.5 Å². The molecule has 0 spiro atoms. The van der Waals surface area contributed by atoms with Crippen LogP contribution in [0.25, 0.3) is 0 Å². The van der Waals surface area contributed by atoms with E-state index in [9.17, 15) is 9.59 Å². The van der Waals surface area contributed by atoms with Crippen molar-refractivity contribution in [3.8, 4) is 5.75 Å². The largest absolute Gasteiger partial charge is 0.492 e. The van der Waals surface area contributed by atoms with E-state index in [0.29, 0.717) is 28.8 Å². The zero-order chi connectivity index (χ0) is 20.8. The fourth-order valence-corrected chi connectivity index (χ4v) is 3.04. The minimum absolute atomic E-state index is 0.0428. The van der Waals surface area contributed by atoms with Crippen LogP contribution in [0.2, 0.25) is 0 Å². The molecule has 0 aromatic heterocycles. The Balaban J connectivity index is 2.41. The summed E-state index contributed by atoms with van der Waals surface area (Å²) in [5.74, 6) is 0.175. The second kappa shape index (κ2) is 14.3. The van der Waals surface area contributed by atoms with Gasteiger partial charge in [0.1, 0.15) is 5.75 Å². The average molecular weight is 472 g/mol. The van der Waals surface area contributed by atoms with Crippen molar-refractivity contribution in [3.63, 3.8) is 0 Å². The summed E-state index contributed by atoms with van der Waals surface area (Å²) in [4.78, 5) is 23.9. The fourth-order valence-electron chi connectivity index (χ4n) is 2.40. The Bertz CT molecular complexity index is 656. The molecule has 28 heavy (non-hydrogen) atoms. The van der Waals surface area contributed by atoms with Gasteiger partial charge in [0.05, 0.1) is 11.1 Å². The molecule has 1 rings (SSSR count). The molecule has 0 heterocycles. The third-order valence-corrected chi connectivity index (χ3v) is 4.82. The number of rotatable bonds is 11. The van der Waals surface area contributed by atoms with Gasteiger partial charge in [-0.25, -0.2) is 0 Å². The van der Waals surface area contributed by atoms with Crippen molar-refractivity contribution in [2.24, 2.45) is 0 Å². The molecule has 0 fully saturated rings. The van der Waals surface area contributed by atoms with Crippen LogP contribution in [-0.2, 0) is 4.79 Å². The van der Waals surface area contributed by atoms with Crippen molar-refractivity contribution in [1.29, 1.82) is 0 Å². The van der Waals surface area contributed by atoms with Crippen molar-refractivity contribution >= 4 is 45.1 Å². The average Bonchev–Trinajstić information content (AvgIpc) is 2.67. The molecule has 156 valence electrons. The molecule has 1 aromatic carbocycles. The normalized spacial score (nSPS) is 10.2. The highest BCUT2D eigenvalue weighted by Gasteiger charge is 2.11. The first-order valence-electron chi connectivity index (χ1n) is 9.80. The zero-order valence-electron chi connectivity index (χ0n) is 16.6. The quantitative estimate of drug-likeness (QED) is 0.249. The SMILES string of the molecule is CCCCCCOc1ccc(C(=O)NC(=S)NNC(=O)CCCCC)cc1Br. The van der Waals surface area contributed by atoms with Crippen molar-refractivity contribution < 1.29 is 14.3 Å². The lowest BCUT2D eigenvalue weighted by Gasteiger charge is -2.12. The molecule has 2 amide bonds. The van der Waals surface area contributed by atoms with Gasteiger partial charge in [-0.15, -0.1) is 0 Å². The smallest absolute Gasteiger partial charge is 0.257 e. The van der Waals surface area contributed by atoms with E-state index >= 15 is 0 Å². The third-order valence-electron chi connectivity index (χ3n) is 4.00. The van der Waals surface area contributed by atoms with Gasteiger partial charge in [-0.3, -0.25) is 25.8 Å². The molecule has 8 heteroatoms. The molecule has 0 atom stereocenters. The Morgan fingerprint density at radius 1 is 1.04 bits per heavy atom. The molecular weight excluding hydrogens is 442 g/mol. The molecule has 1 aromatic rings. The molecule has 0 aliphatic carbocycles. The molecule has 6 nitrogen and oxygen atoms in total. The minimum atomic E-state index is -0.368. The van der Waals surface area contributed by atoms with Gasteiger partial charge in [-0.1, -0.05) is 46.0 Å². The van der Waals surface area contributed by atoms with Gasteiger partial charge in [0.2, 0.25) is 5.91 Å². The number of carbonyl (C=O) groups is 2. The van der Waals surface area contributed by atoms with Crippen molar-refractivity contribution in [2.45, 2.75) is 65.2 Å². The molecule has 0 bridgehead atoms. The number of halogens is 1. The maximum atomic E-state index is 12.3. The van der Waals surface area contributed by atoms with Crippen LogP contribution in [0.5, 0.6) is 5.75 Å². The maximum Gasteiger partial charge on any atom is 0.257 e. The highest BCUT2D eigenvalue weighted by molar-refractivity contribution is 9.10. The highest BCUT2D eigenvalue weighted by Crippen LogP contribution is 2.26. The first kappa shape index (κ1) is 24.4. The van der Waals surface area contributed by atoms with Gasteiger partial charge < -0.3 is 4.74 Å². The van der Waals surface area contributed by atoms with Gasteiger partial charge >= 0.3 is 0 Å². The Morgan fingerprint density at radius 3 is 2.43 bits per heavy atom. The standard InChI is InChI=1S/C20H30BrN3O3S/c1-3-5-7-9-13-27-17-12-11-15(14-16(17)21)19(26)22-20(28)24-23-18(25)10-8-6-4-2/h11-12,14H,3-10,13H2,1-2H3,(H,23,25)(H2,22,24,26,28). The van der Waals surface area contributed by atoms with Gasteiger partial charge in [0.15, 0.2) is 5.11 Å². The second-order valence-electron chi connectivity index (χ2n) is 6.47. The van der Waals surface area contributed by atoms with E-state index in [4.69, 9.17) is 17.0 Å². The van der Waals surface area contributed by atoms with E-state index in [1.54, 1.807) is 18.2 Å². The van der Waals surface area contributed by atoms with Crippen LogP contribution in [-0.4, -0.2) is 23.5 Å². The van der Waals surface area contributed by atoms with Crippen LogP contribution >= 0.6 is 28.1 Å². The zero-order valence-corrected chi connectivity index (χ0v) is 19.0. The van der Waals surface area contributed by atoms with E-state index in [0.717, 1.165) is 32.1 Å². The highest BCUT2D eigenvalue weighted by atomic mass is 79.9. The van der Waals surface area contributed by atoms with Gasteiger partial charge in [-0.2, -0.15) is 0 Å². The Labute approximate surface area is 181 Å². The first-order valence-corrected chi connectivity index (χ1v) is 11.0. The number of benzene rings is 1. The predicted octanol–water partition coefficient (Wildman–Crippen LogP) is 4.62. The monoisotopic (exact) mass is 471 g/mol. The third kappa shape index (κ3) is 10.0. The van der Waals surface area contributed by atoms with E-state index in [1.165, 1.54) is 12.8 Å². The van der Waals surface area contributed by atoms with E-state index in [1.807, 2.05) is 0 Å².